The highest BCUT2D eigenvalue weighted by Crippen LogP contribution is 2.31. The number of sulfonamides is 1. The van der Waals surface area contributed by atoms with Crippen molar-refractivity contribution in [2.75, 3.05) is 11.9 Å². The topological polar surface area (TPSA) is 86.1 Å². The Kier molecular flexibility index (Phi) is 4.17. The zero-order valence-electron chi connectivity index (χ0n) is 12.4. The molecule has 1 heterocycles. The molecule has 0 saturated heterocycles. The Morgan fingerprint density at radius 2 is 1.86 bits per heavy atom. The molecule has 0 fully saturated rings. The molecule has 0 aliphatic heterocycles. The molecule has 2 rings (SSSR count). The van der Waals surface area contributed by atoms with Crippen LogP contribution in [0.3, 0.4) is 0 Å². The molecule has 7 nitrogen and oxygen atoms in total. The van der Waals surface area contributed by atoms with Crippen molar-refractivity contribution in [1.29, 1.82) is 0 Å². The fraction of sp³-hybridized carbons (Fsp3) is 0.385. The van der Waals surface area contributed by atoms with E-state index in [-0.39, 0.29) is 10.8 Å². The van der Waals surface area contributed by atoms with Crippen LogP contribution in [-0.4, -0.2) is 30.4 Å². The van der Waals surface area contributed by atoms with Crippen LogP contribution in [-0.2, 0) is 10.0 Å². The van der Waals surface area contributed by atoms with Crippen LogP contribution in [0.5, 0.6) is 5.75 Å². The van der Waals surface area contributed by atoms with Crippen LogP contribution in [0.25, 0.3) is 0 Å². The molecule has 0 aliphatic rings. The van der Waals surface area contributed by atoms with Gasteiger partial charge in [0, 0.05) is 0 Å². The Balaban J connectivity index is 2.53. The summed E-state index contributed by atoms with van der Waals surface area (Å²) in [7, 11) is -2.34. The average molecular weight is 310 g/mol. The van der Waals surface area contributed by atoms with Crippen LogP contribution >= 0.6 is 0 Å². The fourth-order valence-electron chi connectivity index (χ4n) is 2.10. The van der Waals surface area contributed by atoms with Crippen LogP contribution in [0, 0.1) is 6.92 Å². The van der Waals surface area contributed by atoms with E-state index in [0.29, 0.717) is 5.75 Å². The van der Waals surface area contributed by atoms with E-state index in [2.05, 4.69) is 15.0 Å². The van der Waals surface area contributed by atoms with Gasteiger partial charge in [0.15, 0.2) is 0 Å². The summed E-state index contributed by atoms with van der Waals surface area (Å²) in [4.78, 5) is 2.45. The van der Waals surface area contributed by atoms with Gasteiger partial charge in [-0.15, -0.1) is 10.2 Å². The Hall–Kier alpha value is -2.09. The molecule has 0 atom stereocenters. The van der Waals surface area contributed by atoms with Crippen molar-refractivity contribution >= 4 is 10.0 Å². The van der Waals surface area contributed by atoms with Gasteiger partial charge in [-0.3, -0.25) is 0 Å². The second kappa shape index (κ2) is 5.72. The van der Waals surface area contributed by atoms with E-state index >= 15 is 0 Å². The fourth-order valence-corrected chi connectivity index (χ4v) is 3.26. The molecule has 8 heteroatoms. The van der Waals surface area contributed by atoms with Crippen LogP contribution in [0.2, 0.25) is 0 Å². The first kappa shape index (κ1) is 15.3. The third-order valence-electron chi connectivity index (χ3n) is 3.11. The zero-order chi connectivity index (χ0) is 15.6. The number of aromatic nitrogens is 3. The first-order chi connectivity index (χ1) is 9.85. The van der Waals surface area contributed by atoms with E-state index in [1.165, 1.54) is 24.4 Å². The molecule has 0 radical (unpaired) electrons. The first-order valence-corrected chi connectivity index (χ1v) is 7.89. The monoisotopic (exact) mass is 310 g/mol. The van der Waals surface area contributed by atoms with Gasteiger partial charge in [-0.1, -0.05) is 13.8 Å². The van der Waals surface area contributed by atoms with Crippen LogP contribution in [0.15, 0.2) is 29.7 Å². The van der Waals surface area contributed by atoms with Gasteiger partial charge in [-0.2, -0.15) is 8.42 Å². The maximum Gasteiger partial charge on any atom is 0.279 e. The molecule has 2 aromatic rings. The van der Waals surface area contributed by atoms with E-state index in [1.54, 1.807) is 12.1 Å². The van der Waals surface area contributed by atoms with Gasteiger partial charge in [0.1, 0.15) is 23.3 Å². The van der Waals surface area contributed by atoms with Gasteiger partial charge in [0.05, 0.1) is 7.11 Å². The normalized spacial score (nSPS) is 11.7. The second-order valence-electron chi connectivity index (χ2n) is 4.98. The molecule has 0 spiro atoms. The Bertz CT molecular complexity index is 724. The molecule has 0 bridgehead atoms. The largest absolute Gasteiger partial charge is 0.495 e. The number of nitrogens with one attached hydrogen (secondary N) is 1. The van der Waals surface area contributed by atoms with Crippen molar-refractivity contribution in [3.8, 4) is 5.75 Å². The molecule has 0 aliphatic carbocycles. The predicted molar refractivity (Wildman–Crippen MR) is 78.4 cm³/mol. The van der Waals surface area contributed by atoms with Crippen molar-refractivity contribution in [3.63, 3.8) is 0 Å². The molecule has 21 heavy (non-hydrogen) atoms. The summed E-state index contributed by atoms with van der Waals surface area (Å²) in [6, 6.07) is 3.38. The van der Waals surface area contributed by atoms with Crippen molar-refractivity contribution in [2.45, 2.75) is 31.6 Å². The number of rotatable bonds is 5. The van der Waals surface area contributed by atoms with E-state index in [0.717, 1.165) is 11.1 Å². The van der Waals surface area contributed by atoms with Crippen LogP contribution in [0.1, 0.15) is 30.9 Å². The van der Waals surface area contributed by atoms with Crippen molar-refractivity contribution < 1.29 is 13.2 Å². The maximum atomic E-state index is 12.5. The third kappa shape index (κ3) is 3.15. The van der Waals surface area contributed by atoms with Gasteiger partial charge in [-0.25, -0.2) is 9.51 Å². The van der Waals surface area contributed by atoms with E-state index in [1.807, 2.05) is 20.8 Å². The standard InChI is InChI=1S/C13H18N4O3S/c1-9(2)11-6-13(12(20-4)5-10(11)3)21(18,19)16-17-7-14-15-8-17/h5-9,16H,1-4H3. The SMILES string of the molecule is COc1cc(C)c(C(C)C)cc1S(=O)(=O)Nn1cnnc1. The molecule has 1 aromatic carbocycles. The number of aryl methyl sites for hydroxylation is 1. The highest BCUT2D eigenvalue weighted by atomic mass is 32.2. The average Bonchev–Trinajstić information content (AvgIpc) is 2.89. The smallest absolute Gasteiger partial charge is 0.279 e. The number of hydrogen-bond acceptors (Lipinski definition) is 5. The third-order valence-corrected chi connectivity index (χ3v) is 4.46. The van der Waals surface area contributed by atoms with Crippen LogP contribution in [0.4, 0.5) is 0 Å². The van der Waals surface area contributed by atoms with Crippen molar-refractivity contribution in [3.05, 3.63) is 35.9 Å². The van der Waals surface area contributed by atoms with E-state index < -0.39 is 10.0 Å². The quantitative estimate of drug-likeness (QED) is 0.907. The molecular weight excluding hydrogens is 292 g/mol. The molecular formula is C13H18N4O3S. The number of hydrogen-bond donors (Lipinski definition) is 1. The molecule has 1 N–H and O–H groups in total. The van der Waals surface area contributed by atoms with Crippen molar-refractivity contribution in [1.82, 2.24) is 14.9 Å². The summed E-state index contributed by atoms with van der Waals surface area (Å²) in [5.74, 6) is 0.511. The summed E-state index contributed by atoms with van der Waals surface area (Å²) < 4.78 is 31.4. The number of nitrogens with zero attached hydrogens (tertiary/aromatic N) is 3. The van der Waals surface area contributed by atoms with Gasteiger partial charge in [-0.05, 0) is 36.1 Å². The molecule has 0 amide bonds. The zero-order valence-corrected chi connectivity index (χ0v) is 13.2. The van der Waals surface area contributed by atoms with Gasteiger partial charge < -0.3 is 4.74 Å². The summed E-state index contributed by atoms with van der Waals surface area (Å²) in [5.41, 5.74) is 1.95. The summed E-state index contributed by atoms with van der Waals surface area (Å²) in [5, 5.41) is 7.11. The molecule has 1 aromatic heterocycles. The van der Waals surface area contributed by atoms with Gasteiger partial charge >= 0.3 is 0 Å². The van der Waals surface area contributed by atoms with Crippen LogP contribution < -0.4 is 9.57 Å². The highest BCUT2D eigenvalue weighted by molar-refractivity contribution is 7.92. The molecule has 0 saturated carbocycles. The van der Waals surface area contributed by atoms with Crippen molar-refractivity contribution in [2.24, 2.45) is 0 Å². The molecule has 0 unspecified atom stereocenters. The second-order valence-corrected chi connectivity index (χ2v) is 6.61. The predicted octanol–water partition coefficient (Wildman–Crippen LogP) is 1.65. The highest BCUT2D eigenvalue weighted by Gasteiger charge is 2.22. The lowest BCUT2D eigenvalue weighted by Gasteiger charge is -2.16. The number of methoxy groups -OCH3 is 1. The van der Waals surface area contributed by atoms with Gasteiger partial charge in [0.25, 0.3) is 10.0 Å². The van der Waals surface area contributed by atoms with E-state index in [4.69, 9.17) is 4.74 Å². The minimum atomic E-state index is -3.79. The summed E-state index contributed by atoms with van der Waals surface area (Å²) in [6.45, 7) is 5.96. The lowest BCUT2D eigenvalue weighted by molar-refractivity contribution is 0.402. The Morgan fingerprint density at radius 3 is 2.38 bits per heavy atom. The first-order valence-electron chi connectivity index (χ1n) is 6.41. The minimum Gasteiger partial charge on any atom is -0.495 e. The lowest BCUT2D eigenvalue weighted by Crippen LogP contribution is -2.23. The number of ether oxygens (including phenoxy) is 1. The summed E-state index contributed by atoms with van der Waals surface area (Å²) in [6.07, 6.45) is 2.53. The van der Waals surface area contributed by atoms with E-state index in [9.17, 15) is 8.42 Å². The lowest BCUT2D eigenvalue weighted by atomic mass is 9.98. The number of benzene rings is 1. The van der Waals surface area contributed by atoms with Gasteiger partial charge in [0.2, 0.25) is 0 Å². The Labute approximate surface area is 124 Å². The summed E-state index contributed by atoms with van der Waals surface area (Å²) >= 11 is 0. The molecule has 114 valence electrons. The Morgan fingerprint density at radius 1 is 1.24 bits per heavy atom. The maximum absolute atomic E-state index is 12.5. The minimum absolute atomic E-state index is 0.0907.